The third kappa shape index (κ3) is 0.867. The van der Waals surface area contributed by atoms with Crippen molar-refractivity contribution in [1.29, 1.82) is 0 Å². The first-order valence-corrected chi connectivity index (χ1v) is 4.26. The molecule has 0 amide bonds. The first-order chi connectivity index (χ1) is 4.77. The van der Waals surface area contributed by atoms with E-state index in [1.54, 1.807) is 0 Å². The van der Waals surface area contributed by atoms with Crippen LogP contribution >= 0.6 is 0 Å². The van der Waals surface area contributed by atoms with Crippen LogP contribution in [0.1, 0.15) is 19.8 Å². The van der Waals surface area contributed by atoms with Gasteiger partial charge in [0.25, 0.3) is 0 Å². The lowest BCUT2D eigenvalue weighted by atomic mass is 9.95. The Bertz CT molecular complexity index is 135. The van der Waals surface area contributed by atoms with Crippen molar-refractivity contribution < 1.29 is 0 Å². The van der Waals surface area contributed by atoms with Gasteiger partial charge < -0.3 is 11.1 Å². The van der Waals surface area contributed by atoms with E-state index in [-0.39, 0.29) is 0 Å². The number of fused-ring (bicyclic) bond motifs is 1. The fourth-order valence-electron chi connectivity index (χ4n) is 2.54. The van der Waals surface area contributed by atoms with E-state index in [0.717, 1.165) is 17.9 Å². The lowest BCUT2D eigenvalue weighted by molar-refractivity contribution is 0.430. The van der Waals surface area contributed by atoms with E-state index in [9.17, 15) is 0 Å². The number of hydrogen-bond donors (Lipinski definition) is 2. The van der Waals surface area contributed by atoms with Gasteiger partial charge in [-0.15, -0.1) is 0 Å². The molecular weight excluding hydrogens is 124 g/mol. The maximum atomic E-state index is 5.86. The highest BCUT2D eigenvalue weighted by Crippen LogP contribution is 2.36. The summed E-state index contributed by atoms with van der Waals surface area (Å²) in [5.74, 6) is 1.78. The molecule has 0 aromatic carbocycles. The van der Waals surface area contributed by atoms with E-state index < -0.39 is 0 Å². The zero-order valence-corrected chi connectivity index (χ0v) is 6.51. The van der Waals surface area contributed by atoms with Crippen molar-refractivity contribution in [2.45, 2.75) is 31.8 Å². The summed E-state index contributed by atoms with van der Waals surface area (Å²) in [7, 11) is 0. The number of nitrogens with two attached hydrogens (primary N) is 1. The molecule has 4 atom stereocenters. The average molecular weight is 140 g/mol. The Morgan fingerprint density at radius 1 is 1.40 bits per heavy atom. The highest BCUT2D eigenvalue weighted by atomic mass is 15.0. The van der Waals surface area contributed by atoms with Gasteiger partial charge in [0.2, 0.25) is 0 Å². The summed E-state index contributed by atoms with van der Waals surface area (Å²) in [6.45, 7) is 3.49. The molecule has 0 unspecified atom stereocenters. The Hall–Kier alpha value is -0.0800. The van der Waals surface area contributed by atoms with E-state index in [0.29, 0.717) is 6.04 Å². The van der Waals surface area contributed by atoms with Crippen LogP contribution in [-0.2, 0) is 0 Å². The van der Waals surface area contributed by atoms with Gasteiger partial charge in [0.1, 0.15) is 0 Å². The van der Waals surface area contributed by atoms with Gasteiger partial charge in [-0.2, -0.15) is 0 Å². The Morgan fingerprint density at radius 2 is 2.20 bits per heavy atom. The second-order valence-corrected chi connectivity index (χ2v) is 3.85. The summed E-state index contributed by atoms with van der Waals surface area (Å²) in [5, 5.41) is 3.49. The highest BCUT2D eigenvalue weighted by molar-refractivity contribution is 4.96. The highest BCUT2D eigenvalue weighted by Gasteiger charge is 2.39. The largest absolute Gasteiger partial charge is 0.328 e. The van der Waals surface area contributed by atoms with Gasteiger partial charge in [0, 0.05) is 12.1 Å². The van der Waals surface area contributed by atoms with Crippen molar-refractivity contribution in [3.05, 3.63) is 0 Å². The fraction of sp³-hybridized carbons (Fsp3) is 1.00. The maximum Gasteiger partial charge on any atom is 0.00708 e. The van der Waals surface area contributed by atoms with Gasteiger partial charge in [-0.25, -0.2) is 0 Å². The summed E-state index contributed by atoms with van der Waals surface area (Å²) in [6, 6.07) is 1.22. The van der Waals surface area contributed by atoms with Crippen LogP contribution < -0.4 is 11.1 Å². The van der Waals surface area contributed by atoms with Crippen LogP contribution in [0.25, 0.3) is 0 Å². The fourth-order valence-corrected chi connectivity index (χ4v) is 2.54. The maximum absolute atomic E-state index is 5.86. The van der Waals surface area contributed by atoms with Gasteiger partial charge in [-0.1, -0.05) is 0 Å². The molecule has 1 heterocycles. The van der Waals surface area contributed by atoms with E-state index in [4.69, 9.17) is 5.73 Å². The summed E-state index contributed by atoms with van der Waals surface area (Å²) in [4.78, 5) is 0. The molecule has 1 saturated heterocycles. The molecule has 2 fully saturated rings. The van der Waals surface area contributed by atoms with Crippen LogP contribution in [-0.4, -0.2) is 18.6 Å². The van der Waals surface area contributed by atoms with Crippen molar-refractivity contribution in [3.63, 3.8) is 0 Å². The quantitative estimate of drug-likeness (QED) is 0.509. The third-order valence-electron chi connectivity index (χ3n) is 3.13. The molecule has 1 saturated carbocycles. The molecule has 0 bridgehead atoms. The predicted molar refractivity (Wildman–Crippen MR) is 41.7 cm³/mol. The zero-order chi connectivity index (χ0) is 7.14. The van der Waals surface area contributed by atoms with Crippen molar-refractivity contribution >= 4 is 0 Å². The molecule has 2 nitrogen and oxygen atoms in total. The molecule has 0 radical (unpaired) electrons. The van der Waals surface area contributed by atoms with Crippen molar-refractivity contribution in [2.75, 3.05) is 6.54 Å². The Balaban J connectivity index is 2.05. The molecule has 0 spiro atoms. The van der Waals surface area contributed by atoms with Crippen molar-refractivity contribution in [3.8, 4) is 0 Å². The summed E-state index contributed by atoms with van der Waals surface area (Å²) in [5.41, 5.74) is 5.86. The van der Waals surface area contributed by atoms with Gasteiger partial charge in [-0.05, 0) is 38.1 Å². The first kappa shape index (κ1) is 6.62. The normalized spacial score (nSPS) is 53.4. The molecule has 0 aromatic heterocycles. The topological polar surface area (TPSA) is 38.0 Å². The number of rotatable bonds is 0. The average Bonchev–Trinajstić information content (AvgIpc) is 2.35. The summed E-state index contributed by atoms with van der Waals surface area (Å²) in [6.07, 6.45) is 2.50. The lowest BCUT2D eigenvalue weighted by Crippen LogP contribution is -2.26. The zero-order valence-electron chi connectivity index (χ0n) is 6.51. The number of hydrogen-bond acceptors (Lipinski definition) is 2. The molecule has 2 rings (SSSR count). The van der Waals surface area contributed by atoms with Crippen LogP contribution in [0.3, 0.4) is 0 Å². The van der Waals surface area contributed by atoms with Crippen LogP contribution in [0.2, 0.25) is 0 Å². The molecule has 10 heavy (non-hydrogen) atoms. The molecule has 0 aromatic rings. The van der Waals surface area contributed by atoms with Crippen LogP contribution in [0.4, 0.5) is 0 Å². The monoisotopic (exact) mass is 140 g/mol. The minimum absolute atomic E-state index is 0.500. The smallest absolute Gasteiger partial charge is 0.00708 e. The summed E-state index contributed by atoms with van der Waals surface area (Å²) >= 11 is 0. The second-order valence-electron chi connectivity index (χ2n) is 3.85. The van der Waals surface area contributed by atoms with Crippen LogP contribution in [0, 0.1) is 11.8 Å². The van der Waals surface area contributed by atoms with Gasteiger partial charge in [0.15, 0.2) is 0 Å². The second kappa shape index (κ2) is 2.21. The van der Waals surface area contributed by atoms with E-state index in [2.05, 4.69) is 12.2 Å². The molecule has 2 heteroatoms. The van der Waals surface area contributed by atoms with Gasteiger partial charge in [-0.3, -0.25) is 0 Å². The Kier molecular flexibility index (Phi) is 1.46. The molecule has 2 aliphatic rings. The Labute approximate surface area is 62.2 Å². The van der Waals surface area contributed by atoms with Crippen molar-refractivity contribution in [2.24, 2.45) is 17.6 Å². The summed E-state index contributed by atoms with van der Waals surface area (Å²) < 4.78 is 0. The SMILES string of the molecule is C[C@H]1NC[C@@H]2C[C@@H](N)C[C@H]21. The third-order valence-corrected chi connectivity index (χ3v) is 3.13. The van der Waals surface area contributed by atoms with Crippen LogP contribution in [0.5, 0.6) is 0 Å². The molecule has 1 aliphatic carbocycles. The Morgan fingerprint density at radius 3 is 2.90 bits per heavy atom. The molecule has 3 N–H and O–H groups in total. The van der Waals surface area contributed by atoms with E-state index in [1.165, 1.54) is 19.4 Å². The standard InChI is InChI=1S/C8H16N2/c1-5-8-3-7(9)2-6(8)4-10-5/h5-8,10H,2-4,9H2,1H3/t5-,6+,7-,8+/m1/s1. The van der Waals surface area contributed by atoms with Crippen molar-refractivity contribution in [1.82, 2.24) is 5.32 Å². The van der Waals surface area contributed by atoms with Crippen LogP contribution in [0.15, 0.2) is 0 Å². The molecular formula is C8H16N2. The molecule has 58 valence electrons. The van der Waals surface area contributed by atoms with Gasteiger partial charge in [0.05, 0.1) is 0 Å². The number of nitrogens with one attached hydrogen (secondary N) is 1. The van der Waals surface area contributed by atoms with E-state index >= 15 is 0 Å². The van der Waals surface area contributed by atoms with Gasteiger partial charge >= 0.3 is 0 Å². The lowest BCUT2D eigenvalue weighted by Gasteiger charge is -2.11. The minimum Gasteiger partial charge on any atom is -0.328 e. The predicted octanol–water partition coefficient (Wildman–Crippen LogP) is 0.332. The minimum atomic E-state index is 0.500. The molecule has 1 aliphatic heterocycles. The van der Waals surface area contributed by atoms with E-state index in [1.807, 2.05) is 0 Å². The first-order valence-electron chi connectivity index (χ1n) is 4.26.